The van der Waals surface area contributed by atoms with E-state index >= 15 is 0 Å². The molecule has 21 heavy (non-hydrogen) atoms. The summed E-state index contributed by atoms with van der Waals surface area (Å²) in [7, 11) is 0. The predicted octanol–water partition coefficient (Wildman–Crippen LogP) is 3.43. The van der Waals surface area contributed by atoms with E-state index in [1.807, 2.05) is 6.07 Å². The van der Waals surface area contributed by atoms with E-state index in [4.69, 9.17) is 10.5 Å². The molecule has 0 aliphatic carbocycles. The Labute approximate surface area is 126 Å². The summed E-state index contributed by atoms with van der Waals surface area (Å²) in [5, 5.41) is 0. The molecule has 0 spiro atoms. The minimum Gasteiger partial charge on any atom is -0.493 e. The van der Waals surface area contributed by atoms with Crippen LogP contribution < -0.4 is 10.5 Å². The normalized spacial score (nSPS) is 20.7. The Morgan fingerprint density at radius 2 is 1.76 bits per heavy atom. The van der Waals surface area contributed by atoms with Crippen molar-refractivity contribution in [2.75, 3.05) is 13.2 Å². The third-order valence-corrected chi connectivity index (χ3v) is 4.70. The lowest BCUT2D eigenvalue weighted by atomic mass is 9.74. The Morgan fingerprint density at radius 1 is 1.05 bits per heavy atom. The molecule has 2 aromatic rings. The van der Waals surface area contributed by atoms with E-state index in [1.165, 1.54) is 22.3 Å². The molecule has 0 saturated heterocycles. The van der Waals surface area contributed by atoms with Crippen molar-refractivity contribution in [3.8, 4) is 5.75 Å². The highest BCUT2D eigenvalue weighted by atomic mass is 16.5. The standard InChI is InChI=1S/C19H23NO/c1-14-6-5-7-15(2)17(14)11-19(12-20)10-16-8-3-4-9-18(16)21-13-19/h3-9H,10-13,20H2,1-2H3. The molecule has 1 atom stereocenters. The molecule has 0 radical (unpaired) electrons. The van der Waals surface area contributed by atoms with Crippen LogP contribution in [0.3, 0.4) is 0 Å². The van der Waals surface area contributed by atoms with Crippen LogP contribution in [0.2, 0.25) is 0 Å². The number of nitrogens with two attached hydrogens (primary N) is 1. The average molecular weight is 281 g/mol. The molecule has 2 heteroatoms. The van der Waals surface area contributed by atoms with Crippen LogP contribution in [0, 0.1) is 19.3 Å². The number of benzene rings is 2. The fraction of sp³-hybridized carbons (Fsp3) is 0.368. The number of para-hydroxylation sites is 1. The van der Waals surface area contributed by atoms with Crippen molar-refractivity contribution < 1.29 is 4.74 Å². The topological polar surface area (TPSA) is 35.2 Å². The van der Waals surface area contributed by atoms with Crippen molar-refractivity contribution in [2.45, 2.75) is 26.7 Å². The van der Waals surface area contributed by atoms with Crippen molar-refractivity contribution in [1.29, 1.82) is 0 Å². The predicted molar refractivity (Wildman–Crippen MR) is 86.7 cm³/mol. The molecule has 1 heterocycles. The maximum atomic E-state index is 6.16. The van der Waals surface area contributed by atoms with Gasteiger partial charge in [-0.05, 0) is 55.0 Å². The average Bonchev–Trinajstić information content (AvgIpc) is 2.51. The first-order valence-electron chi connectivity index (χ1n) is 7.59. The van der Waals surface area contributed by atoms with Crippen LogP contribution in [0.25, 0.3) is 0 Å². The Hall–Kier alpha value is -1.80. The molecule has 1 aliphatic heterocycles. The first kappa shape index (κ1) is 14.2. The summed E-state index contributed by atoms with van der Waals surface area (Å²) in [6.07, 6.45) is 1.98. The van der Waals surface area contributed by atoms with E-state index in [0.717, 1.165) is 18.6 Å². The second-order valence-corrected chi connectivity index (χ2v) is 6.32. The van der Waals surface area contributed by atoms with Crippen molar-refractivity contribution in [3.05, 3.63) is 64.7 Å². The zero-order valence-corrected chi connectivity index (χ0v) is 12.9. The van der Waals surface area contributed by atoms with Gasteiger partial charge in [-0.2, -0.15) is 0 Å². The van der Waals surface area contributed by atoms with Gasteiger partial charge >= 0.3 is 0 Å². The lowest BCUT2D eigenvalue weighted by Gasteiger charge is -2.38. The van der Waals surface area contributed by atoms with E-state index in [9.17, 15) is 0 Å². The molecule has 0 saturated carbocycles. The van der Waals surface area contributed by atoms with Crippen LogP contribution in [0.4, 0.5) is 0 Å². The van der Waals surface area contributed by atoms with Crippen molar-refractivity contribution in [2.24, 2.45) is 11.1 Å². The van der Waals surface area contributed by atoms with Crippen LogP contribution >= 0.6 is 0 Å². The summed E-state index contributed by atoms with van der Waals surface area (Å²) in [5.41, 5.74) is 11.6. The highest BCUT2D eigenvalue weighted by Gasteiger charge is 2.35. The third kappa shape index (κ3) is 2.68. The van der Waals surface area contributed by atoms with Crippen molar-refractivity contribution >= 4 is 0 Å². The third-order valence-electron chi connectivity index (χ3n) is 4.70. The number of fused-ring (bicyclic) bond motifs is 1. The van der Waals surface area contributed by atoms with Gasteiger partial charge in [0.1, 0.15) is 5.75 Å². The number of ether oxygens (including phenoxy) is 1. The van der Waals surface area contributed by atoms with Gasteiger partial charge in [0.05, 0.1) is 6.61 Å². The van der Waals surface area contributed by atoms with Crippen LogP contribution in [-0.4, -0.2) is 13.2 Å². The molecule has 0 fully saturated rings. The molecule has 3 rings (SSSR count). The van der Waals surface area contributed by atoms with Crippen LogP contribution in [0.15, 0.2) is 42.5 Å². The zero-order chi connectivity index (χ0) is 14.9. The number of hydrogen-bond acceptors (Lipinski definition) is 2. The molecule has 110 valence electrons. The van der Waals surface area contributed by atoms with Gasteiger partial charge < -0.3 is 10.5 Å². The number of aryl methyl sites for hydroxylation is 2. The van der Waals surface area contributed by atoms with Crippen molar-refractivity contribution in [3.63, 3.8) is 0 Å². The second kappa shape index (κ2) is 5.53. The maximum absolute atomic E-state index is 6.16. The molecule has 1 aliphatic rings. The summed E-state index contributed by atoms with van der Waals surface area (Å²) in [5.74, 6) is 1.02. The minimum absolute atomic E-state index is 0.00519. The van der Waals surface area contributed by atoms with E-state index in [2.05, 4.69) is 50.2 Å². The smallest absolute Gasteiger partial charge is 0.122 e. The maximum Gasteiger partial charge on any atom is 0.122 e. The number of hydrogen-bond donors (Lipinski definition) is 1. The summed E-state index contributed by atoms with van der Waals surface area (Å²) in [4.78, 5) is 0. The van der Waals surface area contributed by atoms with Gasteiger partial charge in [-0.25, -0.2) is 0 Å². The fourth-order valence-corrected chi connectivity index (χ4v) is 3.30. The minimum atomic E-state index is 0.00519. The SMILES string of the molecule is Cc1cccc(C)c1CC1(CN)COc2ccccc2C1. The molecule has 0 amide bonds. The highest BCUT2D eigenvalue weighted by molar-refractivity contribution is 5.39. The van der Waals surface area contributed by atoms with Gasteiger partial charge in [-0.1, -0.05) is 36.4 Å². The second-order valence-electron chi connectivity index (χ2n) is 6.32. The van der Waals surface area contributed by atoms with E-state index < -0.39 is 0 Å². The van der Waals surface area contributed by atoms with Crippen LogP contribution in [-0.2, 0) is 12.8 Å². The Bertz CT molecular complexity index is 630. The molecule has 0 aromatic heterocycles. The highest BCUT2D eigenvalue weighted by Crippen LogP contribution is 2.37. The molecule has 2 nitrogen and oxygen atoms in total. The fourth-order valence-electron chi connectivity index (χ4n) is 3.30. The Kier molecular flexibility index (Phi) is 3.73. The Balaban J connectivity index is 1.93. The molecule has 2 N–H and O–H groups in total. The monoisotopic (exact) mass is 281 g/mol. The van der Waals surface area contributed by atoms with Gasteiger partial charge in [0, 0.05) is 12.0 Å². The molecule has 2 aromatic carbocycles. The summed E-state index contributed by atoms with van der Waals surface area (Å²) in [6.45, 7) is 5.72. The largest absolute Gasteiger partial charge is 0.493 e. The van der Waals surface area contributed by atoms with Gasteiger partial charge in [0.15, 0.2) is 0 Å². The summed E-state index contributed by atoms with van der Waals surface area (Å²) in [6, 6.07) is 14.8. The van der Waals surface area contributed by atoms with Crippen LogP contribution in [0.5, 0.6) is 5.75 Å². The first-order chi connectivity index (χ1) is 10.1. The van der Waals surface area contributed by atoms with E-state index in [-0.39, 0.29) is 5.41 Å². The molecule has 0 bridgehead atoms. The number of rotatable bonds is 3. The summed E-state index contributed by atoms with van der Waals surface area (Å²) >= 11 is 0. The van der Waals surface area contributed by atoms with Gasteiger partial charge in [-0.3, -0.25) is 0 Å². The van der Waals surface area contributed by atoms with Crippen molar-refractivity contribution in [1.82, 2.24) is 0 Å². The lowest BCUT2D eigenvalue weighted by molar-refractivity contribution is 0.126. The zero-order valence-electron chi connectivity index (χ0n) is 12.9. The summed E-state index contributed by atoms with van der Waals surface area (Å²) < 4.78 is 6.00. The van der Waals surface area contributed by atoms with Gasteiger partial charge in [0.25, 0.3) is 0 Å². The quantitative estimate of drug-likeness (QED) is 0.935. The van der Waals surface area contributed by atoms with E-state index in [0.29, 0.717) is 13.2 Å². The molecule has 1 unspecified atom stereocenters. The molecular weight excluding hydrogens is 258 g/mol. The molecular formula is C19H23NO. The van der Waals surface area contributed by atoms with Crippen LogP contribution in [0.1, 0.15) is 22.3 Å². The Morgan fingerprint density at radius 3 is 2.48 bits per heavy atom. The van der Waals surface area contributed by atoms with Gasteiger partial charge in [-0.15, -0.1) is 0 Å². The lowest BCUT2D eigenvalue weighted by Crippen LogP contribution is -2.43. The van der Waals surface area contributed by atoms with E-state index in [1.54, 1.807) is 0 Å². The first-order valence-corrected chi connectivity index (χ1v) is 7.59. The van der Waals surface area contributed by atoms with Gasteiger partial charge in [0.2, 0.25) is 0 Å².